The van der Waals surface area contributed by atoms with Gasteiger partial charge in [-0.2, -0.15) is 0 Å². The van der Waals surface area contributed by atoms with Crippen molar-refractivity contribution >= 4 is 23.1 Å². The molecule has 0 heterocycles. The fourth-order valence-electron chi connectivity index (χ4n) is 1.38. The van der Waals surface area contributed by atoms with Gasteiger partial charge >= 0.3 is 23.1 Å². The number of carbonyl (C=O) groups excluding carboxylic acids is 4. The summed E-state index contributed by atoms with van der Waals surface area (Å²) >= 11 is 0. The molecule has 0 unspecified atom stereocenters. The van der Waals surface area contributed by atoms with E-state index in [1.54, 1.807) is 0 Å². The Morgan fingerprint density at radius 2 is 0.519 bits per heavy atom. The normalized spacial score (nSPS) is 12.3. The van der Waals surface area contributed by atoms with Gasteiger partial charge in [0.15, 0.2) is 12.8 Å². The number of hydrogen-bond acceptors (Lipinski definition) is 0. The van der Waals surface area contributed by atoms with E-state index in [1.807, 2.05) is 83.1 Å². The Balaban J connectivity index is -0.000000411. The van der Waals surface area contributed by atoms with Crippen LogP contribution >= 0.6 is 0 Å². The van der Waals surface area contributed by atoms with Gasteiger partial charge in [-0.05, 0) is 83.1 Å². The molecule has 0 aromatic rings. The predicted molar refractivity (Wildman–Crippen MR) is 115 cm³/mol. The maximum atomic E-state index is 9.66. The first kappa shape index (κ1) is 31.0. The zero-order valence-corrected chi connectivity index (χ0v) is 22.9. The van der Waals surface area contributed by atoms with Gasteiger partial charge in [-0.1, -0.05) is 0 Å². The third-order valence-corrected chi connectivity index (χ3v) is 4.13. The van der Waals surface area contributed by atoms with E-state index in [9.17, 15) is 19.2 Å². The molecule has 154 valence electrons. The van der Waals surface area contributed by atoms with Crippen molar-refractivity contribution in [3.63, 3.8) is 0 Å². The first-order valence-corrected chi connectivity index (χ1v) is 9.31. The van der Waals surface area contributed by atoms with Gasteiger partial charge in [-0.25, -0.2) is 0 Å². The standard InChI is InChI=1S/2C11H20O2.Zn/c2*1-10(2,3)8(12)7-9(13)11(4,5)6;/h2*7H2,1-6H3;/p+4. The molecule has 0 saturated carbocycles. The molecule has 4 N–H and O–H groups in total. The summed E-state index contributed by atoms with van der Waals surface area (Å²) in [4.78, 5) is 38.6. The Labute approximate surface area is 179 Å². The molecule has 0 aliphatic heterocycles. The average molecular weight is 438 g/mol. The Bertz CT molecular complexity index is 435. The van der Waals surface area contributed by atoms with Crippen molar-refractivity contribution in [1.29, 1.82) is 0 Å². The monoisotopic (exact) mass is 436 g/mol. The summed E-state index contributed by atoms with van der Waals surface area (Å²) in [5.74, 6) is 1.33. The topological polar surface area (TPSA) is 85.6 Å². The molecular weight excluding hydrogens is 394 g/mol. The molecule has 0 rings (SSSR count). The van der Waals surface area contributed by atoms with E-state index in [0.717, 1.165) is 0 Å². The van der Waals surface area contributed by atoms with Crippen LogP contribution < -0.4 is 0 Å². The molecular formula is C22H44O4Zn+4. The number of ketones is 4. The fraction of sp³-hybridized carbons (Fsp3) is 0.818. The van der Waals surface area contributed by atoms with Crippen molar-refractivity contribution in [2.45, 2.75) is 95.9 Å². The number of rotatable bonds is 4. The van der Waals surface area contributed by atoms with Crippen LogP contribution in [0.15, 0.2) is 0 Å². The van der Waals surface area contributed by atoms with Crippen LogP contribution in [0.5, 0.6) is 0 Å². The molecule has 0 saturated heterocycles. The zero-order chi connectivity index (χ0) is 21.7. The molecule has 27 heavy (non-hydrogen) atoms. The van der Waals surface area contributed by atoms with E-state index in [4.69, 9.17) is 0 Å². The van der Waals surface area contributed by atoms with Crippen LogP contribution in [0.25, 0.3) is 0 Å². The Hall–Kier alpha value is -0.697. The summed E-state index contributed by atoms with van der Waals surface area (Å²) in [5.41, 5.74) is -1.00. The molecule has 0 atom stereocenters. The largest absolute Gasteiger partial charge is 0.311 e. The summed E-state index contributed by atoms with van der Waals surface area (Å²) in [6, 6.07) is 0. The number of hydrogen-bond donors (Lipinski definition) is 0. The Morgan fingerprint density at radius 3 is 0.593 bits per heavy atom. The molecule has 4 nitrogen and oxygen atoms in total. The van der Waals surface area contributed by atoms with Gasteiger partial charge in [0.05, 0.1) is 21.7 Å². The van der Waals surface area contributed by atoms with Crippen molar-refractivity contribution in [3.05, 3.63) is 0 Å². The van der Waals surface area contributed by atoms with Crippen molar-refractivity contribution < 1.29 is 38.7 Å². The maximum Gasteiger partial charge on any atom is 0.311 e. The van der Waals surface area contributed by atoms with Crippen molar-refractivity contribution in [1.82, 2.24) is 0 Å². The minimum Gasteiger partial charge on any atom is -0.282 e. The van der Waals surface area contributed by atoms with Crippen LogP contribution in [0, 0.1) is 21.7 Å². The first-order chi connectivity index (χ1) is 11.1. The second kappa shape index (κ2) is 10.7. The van der Waals surface area contributed by atoms with Crippen LogP contribution in [0.1, 0.15) is 95.9 Å². The molecule has 0 aliphatic rings. The van der Waals surface area contributed by atoms with Gasteiger partial charge in [0.25, 0.3) is 0 Å². The molecule has 0 aliphatic carbocycles. The summed E-state index contributed by atoms with van der Waals surface area (Å²) in [5, 5.41) is 0. The Kier molecular flexibility index (Phi) is 12.3. The second-order valence-corrected chi connectivity index (χ2v) is 11.1. The van der Waals surface area contributed by atoms with Gasteiger partial charge in [0.2, 0.25) is 0 Å². The van der Waals surface area contributed by atoms with Crippen molar-refractivity contribution in [2.75, 3.05) is 0 Å². The quantitative estimate of drug-likeness (QED) is 0.332. The first-order valence-electron chi connectivity index (χ1n) is 9.31. The SMILES string of the molecule is CC(C)(C)C(=[OH+])CC(=[OH+])C(C)(C)C.CC(C)(C)C(=[OH+])CC(=[OH+])C(C)(C)C.[Zn]. The van der Waals surface area contributed by atoms with E-state index in [2.05, 4.69) is 0 Å². The summed E-state index contributed by atoms with van der Waals surface area (Å²) < 4.78 is 0. The molecule has 0 bridgehead atoms. The van der Waals surface area contributed by atoms with Gasteiger partial charge < -0.3 is 0 Å². The van der Waals surface area contributed by atoms with Gasteiger partial charge in [0, 0.05) is 19.5 Å². The van der Waals surface area contributed by atoms with E-state index in [-0.39, 0.29) is 54.0 Å². The molecule has 5 heteroatoms. The summed E-state index contributed by atoms with van der Waals surface area (Å²) in [6.45, 7) is 23.1. The molecule has 0 aromatic heterocycles. The maximum absolute atomic E-state index is 9.66. The van der Waals surface area contributed by atoms with E-state index in [1.165, 1.54) is 0 Å². The average Bonchev–Trinajstić information content (AvgIpc) is 2.34. The Morgan fingerprint density at radius 1 is 0.407 bits per heavy atom. The van der Waals surface area contributed by atoms with Gasteiger partial charge in [0.1, 0.15) is 0 Å². The minimum atomic E-state index is -0.251. The zero-order valence-electron chi connectivity index (χ0n) is 19.9. The molecule has 0 spiro atoms. The van der Waals surface area contributed by atoms with Gasteiger partial charge in [-0.3, -0.25) is 19.2 Å². The van der Waals surface area contributed by atoms with Crippen LogP contribution in [-0.2, 0) is 19.5 Å². The summed E-state index contributed by atoms with van der Waals surface area (Å²) in [7, 11) is 0. The minimum absolute atomic E-state index is 0. The molecule has 0 fully saturated rings. The van der Waals surface area contributed by atoms with Gasteiger partial charge in [-0.15, -0.1) is 0 Å². The van der Waals surface area contributed by atoms with Crippen LogP contribution in [-0.4, -0.2) is 42.3 Å². The van der Waals surface area contributed by atoms with Crippen molar-refractivity contribution in [2.24, 2.45) is 21.7 Å². The van der Waals surface area contributed by atoms with E-state index in [0.29, 0.717) is 23.1 Å². The molecule has 0 radical (unpaired) electrons. The van der Waals surface area contributed by atoms with Crippen molar-refractivity contribution in [3.8, 4) is 0 Å². The molecule has 0 aromatic carbocycles. The van der Waals surface area contributed by atoms with E-state index >= 15 is 0 Å². The van der Waals surface area contributed by atoms with Crippen LogP contribution in [0.4, 0.5) is 0 Å². The summed E-state index contributed by atoms with van der Waals surface area (Å²) in [6.07, 6.45) is 0.569. The van der Waals surface area contributed by atoms with Crippen LogP contribution in [0.2, 0.25) is 0 Å². The molecule has 0 amide bonds. The smallest absolute Gasteiger partial charge is 0.282 e. The second-order valence-electron chi connectivity index (χ2n) is 11.1. The van der Waals surface area contributed by atoms with Crippen LogP contribution in [0.3, 0.4) is 0 Å². The third-order valence-electron chi connectivity index (χ3n) is 4.13. The fourth-order valence-corrected chi connectivity index (χ4v) is 1.38. The third kappa shape index (κ3) is 14.0. The van der Waals surface area contributed by atoms with E-state index < -0.39 is 0 Å². The predicted octanol–water partition coefficient (Wildman–Crippen LogP) is 5.11.